The maximum Gasteiger partial charge on any atom is 0.316 e. The van der Waals surface area contributed by atoms with Gasteiger partial charge >= 0.3 is 5.97 Å². The molecule has 1 amide bonds. The Morgan fingerprint density at radius 2 is 2.00 bits per heavy atom. The van der Waals surface area contributed by atoms with E-state index in [9.17, 15) is 14.9 Å². The zero-order valence-corrected chi connectivity index (χ0v) is 12.9. The molecule has 0 saturated heterocycles. The Morgan fingerprint density at radius 1 is 1.40 bits per heavy atom. The molecule has 0 heterocycles. The number of hydrogen-bond acceptors (Lipinski definition) is 4. The van der Waals surface area contributed by atoms with Crippen LogP contribution in [0.25, 0.3) is 0 Å². The van der Waals surface area contributed by atoms with Crippen molar-refractivity contribution in [3.05, 3.63) is 0 Å². The smallest absolute Gasteiger partial charge is 0.316 e. The quantitative estimate of drug-likeness (QED) is 0.813. The van der Waals surface area contributed by atoms with Gasteiger partial charge in [0.15, 0.2) is 0 Å². The fraction of sp³-hybridized carbons (Fsp3) is 0.786. The standard InChI is InChI=1S/C14H22N2O3S/c1-3-11(13(18)19)20-9-12(17)16(2)14(10-15)7-5-4-6-8-14/h11H,3-9H2,1-2H3,(H,18,19). The van der Waals surface area contributed by atoms with Crippen LogP contribution in [-0.4, -0.2) is 45.5 Å². The summed E-state index contributed by atoms with van der Waals surface area (Å²) >= 11 is 1.14. The molecular weight excluding hydrogens is 276 g/mol. The second-order valence-electron chi connectivity index (χ2n) is 5.20. The van der Waals surface area contributed by atoms with E-state index in [0.717, 1.165) is 31.0 Å². The van der Waals surface area contributed by atoms with Crippen LogP contribution < -0.4 is 0 Å². The van der Waals surface area contributed by atoms with Crippen LogP contribution in [0.3, 0.4) is 0 Å². The number of rotatable bonds is 6. The normalized spacial score (nSPS) is 18.9. The summed E-state index contributed by atoms with van der Waals surface area (Å²) in [5.41, 5.74) is -0.694. The second kappa shape index (κ2) is 7.53. The summed E-state index contributed by atoms with van der Waals surface area (Å²) in [4.78, 5) is 24.7. The summed E-state index contributed by atoms with van der Waals surface area (Å²) in [7, 11) is 1.67. The monoisotopic (exact) mass is 298 g/mol. The first kappa shape index (κ1) is 16.8. The molecule has 0 aliphatic heterocycles. The van der Waals surface area contributed by atoms with Gasteiger partial charge in [-0.15, -0.1) is 11.8 Å². The predicted octanol–water partition coefficient (Wildman–Crippen LogP) is 2.27. The summed E-state index contributed by atoms with van der Waals surface area (Å²) in [6.45, 7) is 1.79. The molecule has 1 aliphatic rings. The van der Waals surface area contributed by atoms with E-state index in [4.69, 9.17) is 5.11 Å². The van der Waals surface area contributed by atoms with Gasteiger partial charge in [-0.2, -0.15) is 5.26 Å². The van der Waals surface area contributed by atoms with Gasteiger partial charge in [0, 0.05) is 7.05 Å². The van der Waals surface area contributed by atoms with E-state index in [1.165, 1.54) is 4.90 Å². The molecule has 1 atom stereocenters. The maximum absolute atomic E-state index is 12.2. The van der Waals surface area contributed by atoms with Gasteiger partial charge < -0.3 is 10.0 Å². The van der Waals surface area contributed by atoms with E-state index < -0.39 is 16.8 Å². The summed E-state index contributed by atoms with van der Waals surface area (Å²) < 4.78 is 0. The van der Waals surface area contributed by atoms with Crippen molar-refractivity contribution >= 4 is 23.6 Å². The molecule has 1 unspecified atom stereocenters. The van der Waals surface area contributed by atoms with Crippen molar-refractivity contribution in [3.8, 4) is 6.07 Å². The first-order valence-electron chi connectivity index (χ1n) is 6.99. The number of amides is 1. The number of thioether (sulfide) groups is 1. The zero-order valence-electron chi connectivity index (χ0n) is 12.1. The predicted molar refractivity (Wildman–Crippen MR) is 78.4 cm³/mol. The van der Waals surface area contributed by atoms with E-state index in [-0.39, 0.29) is 11.7 Å². The third-order valence-electron chi connectivity index (χ3n) is 3.96. The van der Waals surface area contributed by atoms with Crippen molar-refractivity contribution in [2.24, 2.45) is 0 Å². The van der Waals surface area contributed by atoms with Crippen LogP contribution >= 0.6 is 11.8 Å². The molecule has 1 rings (SSSR count). The van der Waals surface area contributed by atoms with Crippen molar-refractivity contribution in [2.45, 2.75) is 56.2 Å². The fourth-order valence-corrected chi connectivity index (χ4v) is 3.45. The lowest BCUT2D eigenvalue weighted by atomic mass is 9.81. The highest BCUT2D eigenvalue weighted by Crippen LogP contribution is 2.33. The van der Waals surface area contributed by atoms with Crippen LogP contribution in [0.5, 0.6) is 0 Å². The number of aliphatic carboxylic acids is 1. The lowest BCUT2D eigenvalue weighted by molar-refractivity contribution is -0.136. The van der Waals surface area contributed by atoms with Gasteiger partial charge in [-0.25, -0.2) is 0 Å². The molecule has 1 aliphatic carbocycles. The number of carboxylic acid groups (broad SMARTS) is 1. The Balaban J connectivity index is 2.62. The summed E-state index contributed by atoms with van der Waals surface area (Å²) in [5.74, 6) is -0.927. The van der Waals surface area contributed by atoms with Crippen molar-refractivity contribution in [2.75, 3.05) is 12.8 Å². The highest BCUT2D eigenvalue weighted by molar-refractivity contribution is 8.01. The molecule has 6 heteroatoms. The van der Waals surface area contributed by atoms with Gasteiger partial charge in [0.05, 0.1) is 11.8 Å². The molecule has 20 heavy (non-hydrogen) atoms. The molecule has 1 saturated carbocycles. The first-order valence-corrected chi connectivity index (χ1v) is 8.04. The minimum atomic E-state index is -0.888. The third kappa shape index (κ3) is 3.89. The van der Waals surface area contributed by atoms with Gasteiger partial charge in [0.1, 0.15) is 10.8 Å². The summed E-state index contributed by atoms with van der Waals surface area (Å²) in [6.07, 6.45) is 4.95. The molecule has 0 aromatic heterocycles. The number of carbonyl (C=O) groups is 2. The number of carboxylic acids is 1. The fourth-order valence-electron chi connectivity index (χ4n) is 2.53. The number of hydrogen-bond donors (Lipinski definition) is 1. The van der Waals surface area contributed by atoms with Crippen LogP contribution in [0, 0.1) is 11.3 Å². The Labute approximate surface area is 124 Å². The van der Waals surface area contributed by atoms with Crippen LogP contribution in [0.2, 0.25) is 0 Å². The SMILES string of the molecule is CCC(SCC(=O)N(C)C1(C#N)CCCCC1)C(=O)O. The van der Waals surface area contributed by atoms with Crippen LogP contribution in [0.1, 0.15) is 45.4 Å². The van der Waals surface area contributed by atoms with Crippen molar-refractivity contribution in [3.63, 3.8) is 0 Å². The minimum Gasteiger partial charge on any atom is -0.480 e. The van der Waals surface area contributed by atoms with E-state index in [1.807, 2.05) is 0 Å². The van der Waals surface area contributed by atoms with Crippen molar-refractivity contribution < 1.29 is 14.7 Å². The van der Waals surface area contributed by atoms with Gasteiger partial charge in [-0.05, 0) is 19.3 Å². The average molecular weight is 298 g/mol. The van der Waals surface area contributed by atoms with Gasteiger partial charge in [-0.1, -0.05) is 26.2 Å². The largest absolute Gasteiger partial charge is 0.480 e. The first-order chi connectivity index (χ1) is 9.46. The second-order valence-corrected chi connectivity index (χ2v) is 6.39. The number of nitriles is 1. The Kier molecular flexibility index (Phi) is 6.34. The van der Waals surface area contributed by atoms with Gasteiger partial charge in [0.2, 0.25) is 5.91 Å². The van der Waals surface area contributed by atoms with Crippen LogP contribution in [0.15, 0.2) is 0 Å². The van der Waals surface area contributed by atoms with Crippen LogP contribution in [-0.2, 0) is 9.59 Å². The zero-order chi connectivity index (χ0) is 15.2. The molecular formula is C14H22N2O3S. The highest BCUT2D eigenvalue weighted by Gasteiger charge is 2.38. The maximum atomic E-state index is 12.2. The van der Waals surface area contributed by atoms with E-state index in [1.54, 1.807) is 14.0 Å². The van der Waals surface area contributed by atoms with Crippen LogP contribution in [0.4, 0.5) is 0 Å². The van der Waals surface area contributed by atoms with E-state index >= 15 is 0 Å². The number of nitrogens with zero attached hydrogens (tertiary/aromatic N) is 2. The lowest BCUT2D eigenvalue weighted by Crippen LogP contribution is -2.50. The Morgan fingerprint density at radius 3 is 2.45 bits per heavy atom. The lowest BCUT2D eigenvalue weighted by Gasteiger charge is -2.39. The van der Waals surface area contributed by atoms with E-state index in [2.05, 4.69) is 6.07 Å². The topological polar surface area (TPSA) is 81.4 Å². The van der Waals surface area contributed by atoms with Crippen molar-refractivity contribution in [1.82, 2.24) is 4.90 Å². The molecule has 0 spiro atoms. The summed E-state index contributed by atoms with van der Waals surface area (Å²) in [5, 5.41) is 17.8. The highest BCUT2D eigenvalue weighted by atomic mass is 32.2. The van der Waals surface area contributed by atoms with E-state index in [0.29, 0.717) is 19.3 Å². The molecule has 0 aromatic rings. The molecule has 5 nitrogen and oxygen atoms in total. The molecule has 1 N–H and O–H groups in total. The minimum absolute atomic E-state index is 0.116. The average Bonchev–Trinajstić information content (AvgIpc) is 2.47. The number of carbonyl (C=O) groups excluding carboxylic acids is 1. The molecule has 0 radical (unpaired) electrons. The molecule has 1 fully saturated rings. The Hall–Kier alpha value is -1.22. The van der Waals surface area contributed by atoms with Crippen molar-refractivity contribution in [1.29, 1.82) is 5.26 Å². The third-order valence-corrected chi connectivity index (χ3v) is 5.31. The summed E-state index contributed by atoms with van der Waals surface area (Å²) in [6, 6.07) is 2.30. The molecule has 112 valence electrons. The van der Waals surface area contributed by atoms with Gasteiger partial charge in [0.25, 0.3) is 0 Å². The Bertz CT molecular complexity index is 400. The molecule has 0 bridgehead atoms. The van der Waals surface area contributed by atoms with Gasteiger partial charge in [-0.3, -0.25) is 9.59 Å². The molecule has 0 aromatic carbocycles.